The zero-order valence-corrected chi connectivity index (χ0v) is 9.89. The highest BCUT2D eigenvalue weighted by Gasteiger charge is 2.10. The maximum absolute atomic E-state index is 13.4. The Kier molecular flexibility index (Phi) is 3.67. The number of benzene rings is 1. The standard InChI is InChI=1S/C14H12FNO2/c1-10(17)12-6-4-8-16-14(12)18-9-11-5-2-3-7-13(11)15/h2-8H,9H2,1H3. The van der Waals surface area contributed by atoms with E-state index >= 15 is 0 Å². The Morgan fingerprint density at radius 3 is 2.78 bits per heavy atom. The lowest BCUT2D eigenvalue weighted by atomic mass is 10.2. The van der Waals surface area contributed by atoms with Crippen LogP contribution >= 0.6 is 0 Å². The summed E-state index contributed by atoms with van der Waals surface area (Å²) in [5.74, 6) is -0.238. The van der Waals surface area contributed by atoms with Gasteiger partial charge in [0.25, 0.3) is 0 Å². The van der Waals surface area contributed by atoms with Gasteiger partial charge in [-0.3, -0.25) is 4.79 Å². The molecule has 0 saturated heterocycles. The summed E-state index contributed by atoms with van der Waals surface area (Å²) in [6.07, 6.45) is 1.53. The number of hydrogen-bond acceptors (Lipinski definition) is 3. The number of carbonyl (C=O) groups excluding carboxylic acids is 1. The topological polar surface area (TPSA) is 39.2 Å². The predicted molar refractivity (Wildman–Crippen MR) is 65.0 cm³/mol. The maximum atomic E-state index is 13.4. The molecule has 0 spiro atoms. The summed E-state index contributed by atoms with van der Waals surface area (Å²) in [6.45, 7) is 1.48. The molecule has 18 heavy (non-hydrogen) atoms. The number of carbonyl (C=O) groups is 1. The van der Waals surface area contributed by atoms with E-state index in [0.717, 1.165) is 0 Å². The maximum Gasteiger partial charge on any atom is 0.224 e. The monoisotopic (exact) mass is 245 g/mol. The second-order valence-corrected chi connectivity index (χ2v) is 3.79. The molecule has 0 saturated carbocycles. The van der Waals surface area contributed by atoms with Crippen LogP contribution in [-0.2, 0) is 6.61 Å². The number of hydrogen-bond donors (Lipinski definition) is 0. The molecule has 0 bridgehead atoms. The molecule has 0 N–H and O–H groups in total. The molecule has 2 aromatic rings. The first kappa shape index (κ1) is 12.2. The van der Waals surface area contributed by atoms with Gasteiger partial charge < -0.3 is 4.74 Å². The minimum atomic E-state index is -0.335. The van der Waals surface area contributed by atoms with Gasteiger partial charge in [0.15, 0.2) is 5.78 Å². The summed E-state index contributed by atoms with van der Waals surface area (Å²) in [5, 5.41) is 0. The third kappa shape index (κ3) is 2.71. The van der Waals surface area contributed by atoms with E-state index in [1.165, 1.54) is 19.2 Å². The summed E-state index contributed by atoms with van der Waals surface area (Å²) in [4.78, 5) is 15.3. The summed E-state index contributed by atoms with van der Waals surface area (Å²) in [5.41, 5.74) is 0.825. The van der Waals surface area contributed by atoms with Crippen molar-refractivity contribution in [1.29, 1.82) is 0 Å². The van der Waals surface area contributed by atoms with Gasteiger partial charge in [0.2, 0.25) is 5.88 Å². The van der Waals surface area contributed by atoms with Crippen molar-refractivity contribution in [3.63, 3.8) is 0 Å². The molecule has 0 fully saturated rings. The average Bonchev–Trinajstić information content (AvgIpc) is 2.38. The quantitative estimate of drug-likeness (QED) is 0.777. The zero-order chi connectivity index (χ0) is 13.0. The Hall–Kier alpha value is -2.23. The van der Waals surface area contributed by atoms with Gasteiger partial charge in [0, 0.05) is 11.8 Å². The molecule has 1 aromatic heterocycles. The third-order valence-electron chi connectivity index (χ3n) is 2.47. The van der Waals surface area contributed by atoms with Gasteiger partial charge in [-0.2, -0.15) is 0 Å². The molecule has 0 aliphatic carbocycles. The number of aromatic nitrogens is 1. The Balaban J connectivity index is 2.16. The first-order chi connectivity index (χ1) is 8.68. The number of rotatable bonds is 4. The summed E-state index contributed by atoms with van der Waals surface area (Å²) >= 11 is 0. The van der Waals surface area contributed by atoms with Gasteiger partial charge >= 0.3 is 0 Å². The third-order valence-corrected chi connectivity index (χ3v) is 2.47. The molecule has 0 aliphatic rings. The molecular weight excluding hydrogens is 233 g/mol. The van der Waals surface area contributed by atoms with Gasteiger partial charge in [-0.25, -0.2) is 9.37 Å². The van der Waals surface area contributed by atoms with Crippen LogP contribution in [0, 0.1) is 5.82 Å². The first-order valence-corrected chi connectivity index (χ1v) is 5.50. The predicted octanol–water partition coefficient (Wildman–Crippen LogP) is 3.00. The van der Waals surface area contributed by atoms with Crippen LogP contribution < -0.4 is 4.74 Å². The van der Waals surface area contributed by atoms with Crippen molar-refractivity contribution in [2.75, 3.05) is 0 Å². The normalized spacial score (nSPS) is 10.1. The molecule has 0 aliphatic heterocycles. The SMILES string of the molecule is CC(=O)c1cccnc1OCc1ccccc1F. The number of pyridine rings is 1. The van der Waals surface area contributed by atoms with Crippen molar-refractivity contribution in [3.8, 4) is 5.88 Å². The Bertz CT molecular complexity index is 569. The highest BCUT2D eigenvalue weighted by molar-refractivity contribution is 5.96. The molecule has 0 amide bonds. The fraction of sp³-hybridized carbons (Fsp3) is 0.143. The molecular formula is C14H12FNO2. The number of ether oxygens (including phenoxy) is 1. The van der Waals surface area contributed by atoms with Crippen molar-refractivity contribution in [2.45, 2.75) is 13.5 Å². The minimum Gasteiger partial charge on any atom is -0.472 e. The lowest BCUT2D eigenvalue weighted by Gasteiger charge is -2.08. The van der Waals surface area contributed by atoms with Gasteiger partial charge in [0.05, 0.1) is 5.56 Å². The molecule has 4 heteroatoms. The highest BCUT2D eigenvalue weighted by Crippen LogP contribution is 2.17. The Morgan fingerprint density at radius 1 is 1.28 bits per heavy atom. The Morgan fingerprint density at radius 2 is 2.06 bits per heavy atom. The van der Waals surface area contributed by atoms with Crippen LogP contribution in [0.3, 0.4) is 0 Å². The van der Waals surface area contributed by atoms with Gasteiger partial charge in [-0.15, -0.1) is 0 Å². The van der Waals surface area contributed by atoms with E-state index in [2.05, 4.69) is 4.98 Å². The van der Waals surface area contributed by atoms with Crippen LogP contribution in [0.5, 0.6) is 5.88 Å². The molecule has 0 atom stereocenters. The summed E-state index contributed by atoms with van der Waals surface area (Å²) in [6, 6.07) is 9.63. The molecule has 1 heterocycles. The van der Waals surface area contributed by atoms with Gasteiger partial charge in [0.1, 0.15) is 12.4 Å². The number of nitrogens with zero attached hydrogens (tertiary/aromatic N) is 1. The molecule has 0 unspecified atom stereocenters. The summed E-state index contributed by atoms with van der Waals surface area (Å²) < 4.78 is 18.8. The van der Waals surface area contributed by atoms with Gasteiger partial charge in [-0.1, -0.05) is 18.2 Å². The minimum absolute atomic E-state index is 0.0456. The molecule has 92 valence electrons. The molecule has 2 rings (SSSR count). The van der Waals surface area contributed by atoms with Crippen LogP contribution in [0.4, 0.5) is 4.39 Å². The lowest BCUT2D eigenvalue weighted by Crippen LogP contribution is -2.04. The van der Waals surface area contributed by atoms with E-state index in [9.17, 15) is 9.18 Å². The number of halogens is 1. The highest BCUT2D eigenvalue weighted by atomic mass is 19.1. The second-order valence-electron chi connectivity index (χ2n) is 3.79. The average molecular weight is 245 g/mol. The second kappa shape index (κ2) is 5.40. The van der Waals surface area contributed by atoms with Crippen LogP contribution in [0.1, 0.15) is 22.8 Å². The van der Waals surface area contributed by atoms with Gasteiger partial charge in [-0.05, 0) is 25.1 Å². The van der Waals surface area contributed by atoms with E-state index in [1.807, 2.05) is 0 Å². The van der Waals surface area contributed by atoms with Crippen molar-refractivity contribution < 1.29 is 13.9 Å². The Labute approximate surface area is 104 Å². The fourth-order valence-corrected chi connectivity index (χ4v) is 1.54. The fourth-order valence-electron chi connectivity index (χ4n) is 1.54. The van der Waals surface area contributed by atoms with Crippen molar-refractivity contribution in [1.82, 2.24) is 4.98 Å². The molecule has 1 aromatic carbocycles. The van der Waals surface area contributed by atoms with Crippen molar-refractivity contribution in [2.24, 2.45) is 0 Å². The van der Waals surface area contributed by atoms with E-state index in [1.54, 1.807) is 30.3 Å². The summed E-state index contributed by atoms with van der Waals surface area (Å²) in [7, 11) is 0. The van der Waals surface area contributed by atoms with E-state index in [0.29, 0.717) is 11.1 Å². The first-order valence-electron chi connectivity index (χ1n) is 5.50. The molecule has 3 nitrogen and oxygen atoms in total. The largest absolute Gasteiger partial charge is 0.472 e. The van der Waals surface area contributed by atoms with E-state index in [-0.39, 0.29) is 24.1 Å². The van der Waals surface area contributed by atoms with E-state index < -0.39 is 0 Å². The van der Waals surface area contributed by atoms with Crippen LogP contribution in [0.15, 0.2) is 42.6 Å². The van der Waals surface area contributed by atoms with Crippen LogP contribution in [0.25, 0.3) is 0 Å². The number of ketones is 1. The lowest BCUT2D eigenvalue weighted by molar-refractivity contribution is 0.101. The van der Waals surface area contributed by atoms with Crippen molar-refractivity contribution in [3.05, 3.63) is 59.5 Å². The zero-order valence-electron chi connectivity index (χ0n) is 9.89. The van der Waals surface area contributed by atoms with Crippen LogP contribution in [0.2, 0.25) is 0 Å². The molecule has 0 radical (unpaired) electrons. The number of Topliss-reactive ketones (excluding diaryl/α,β-unsaturated/α-hetero) is 1. The smallest absolute Gasteiger partial charge is 0.224 e. The van der Waals surface area contributed by atoms with Crippen molar-refractivity contribution >= 4 is 5.78 Å². The van der Waals surface area contributed by atoms with Crippen LogP contribution in [-0.4, -0.2) is 10.8 Å². The van der Waals surface area contributed by atoms with E-state index in [4.69, 9.17) is 4.74 Å².